The minimum atomic E-state index is -1.25. The molecule has 1 N–H and O–H groups in total. The fourth-order valence-corrected chi connectivity index (χ4v) is 8.72. The molecule has 9 atom stereocenters. The van der Waals surface area contributed by atoms with E-state index in [2.05, 4.69) is 6.92 Å². The van der Waals surface area contributed by atoms with Crippen LogP contribution in [-0.2, 0) is 23.8 Å². The summed E-state index contributed by atoms with van der Waals surface area (Å²) >= 11 is 0. The number of fused-ring (bicyclic) bond motifs is 5. The van der Waals surface area contributed by atoms with Gasteiger partial charge in [0.25, 0.3) is 0 Å². The summed E-state index contributed by atoms with van der Waals surface area (Å²) in [5.74, 6) is -1.41. The predicted molar refractivity (Wildman–Crippen MR) is 107 cm³/mol. The Labute approximate surface area is 181 Å². The Morgan fingerprint density at radius 1 is 1.16 bits per heavy atom. The van der Waals surface area contributed by atoms with Crippen molar-refractivity contribution in [1.29, 1.82) is 0 Å². The first-order valence-corrected chi connectivity index (χ1v) is 11.5. The highest BCUT2D eigenvalue weighted by atomic mass is 19.1. The maximum Gasteiger partial charge on any atom is 0.193 e. The normalized spacial score (nSPS) is 56.0. The molecule has 6 nitrogen and oxygen atoms in total. The van der Waals surface area contributed by atoms with Crippen molar-refractivity contribution in [2.24, 2.45) is 22.7 Å². The van der Waals surface area contributed by atoms with Gasteiger partial charge in [-0.15, -0.1) is 0 Å². The average molecular weight is 435 g/mol. The van der Waals surface area contributed by atoms with Gasteiger partial charge in [0, 0.05) is 17.3 Å². The van der Waals surface area contributed by atoms with Crippen LogP contribution in [0.4, 0.5) is 4.39 Å². The Kier molecular flexibility index (Phi) is 3.74. The molecular formula is C24H31FO6. The van der Waals surface area contributed by atoms with Gasteiger partial charge in [0.1, 0.15) is 18.4 Å². The number of ether oxygens (including phenoxy) is 3. The zero-order chi connectivity index (χ0) is 22.2. The topological polar surface area (TPSA) is 85.4 Å². The first-order chi connectivity index (χ1) is 14.4. The van der Waals surface area contributed by atoms with E-state index in [0.717, 1.165) is 0 Å². The van der Waals surface area contributed by atoms with Crippen molar-refractivity contribution >= 4 is 11.6 Å². The summed E-state index contributed by atoms with van der Waals surface area (Å²) in [5.41, 5.74) is -2.28. The van der Waals surface area contributed by atoms with Gasteiger partial charge in [0.2, 0.25) is 0 Å². The van der Waals surface area contributed by atoms with Crippen molar-refractivity contribution in [2.75, 3.05) is 6.61 Å². The van der Waals surface area contributed by atoms with Crippen LogP contribution in [0.3, 0.4) is 0 Å². The molecular weight excluding hydrogens is 403 g/mol. The van der Waals surface area contributed by atoms with Gasteiger partial charge in [-0.25, -0.2) is 4.39 Å². The van der Waals surface area contributed by atoms with Gasteiger partial charge in [0.15, 0.2) is 23.0 Å². The molecule has 6 rings (SSSR count). The highest BCUT2D eigenvalue weighted by Crippen LogP contribution is 2.78. The van der Waals surface area contributed by atoms with Crippen LogP contribution in [0.1, 0.15) is 59.8 Å². The predicted octanol–water partition coefficient (Wildman–Crippen LogP) is 2.66. The SMILES string of the molecule is CC1(C)O[C@@H]2C[C@H]3[C@@H]4C[C@H](F)C5=CC(=O)CC[C@]5(C)[C@@]45O[C@@H]5C[C@]3(C)[C@]2(C(=O)CO)O1. The Morgan fingerprint density at radius 2 is 1.90 bits per heavy atom. The molecule has 0 bridgehead atoms. The molecule has 3 saturated carbocycles. The van der Waals surface area contributed by atoms with E-state index in [0.29, 0.717) is 31.3 Å². The molecule has 1 spiro atoms. The van der Waals surface area contributed by atoms with Gasteiger partial charge >= 0.3 is 0 Å². The van der Waals surface area contributed by atoms with Gasteiger partial charge < -0.3 is 19.3 Å². The van der Waals surface area contributed by atoms with E-state index in [-0.39, 0.29) is 35.9 Å². The number of aliphatic hydroxyl groups is 1. The lowest BCUT2D eigenvalue weighted by molar-refractivity contribution is -0.212. The van der Waals surface area contributed by atoms with E-state index in [9.17, 15) is 14.7 Å². The molecule has 2 saturated heterocycles. The molecule has 2 aliphatic heterocycles. The minimum absolute atomic E-state index is 0.00486. The molecule has 0 aromatic carbocycles. The standard InChI is InChI=1S/C24H31FO6/c1-20(2)29-18-9-13-14-8-16(25)15-7-12(27)5-6-21(15,3)23(14)19(30-23)10-22(13,4)24(18,31-20)17(28)11-26/h7,13-14,16,18-19,26H,5-6,8-11H2,1-4H3/t13-,14-,16-,18+,19+,21-,22-,23+,24+/m0/s1. The van der Waals surface area contributed by atoms with Crippen LogP contribution in [0, 0.1) is 22.7 Å². The van der Waals surface area contributed by atoms with Crippen molar-refractivity contribution in [2.45, 2.75) is 95.2 Å². The molecule has 0 amide bonds. The van der Waals surface area contributed by atoms with Crippen LogP contribution in [0.25, 0.3) is 0 Å². The first-order valence-electron chi connectivity index (χ1n) is 11.5. The van der Waals surface area contributed by atoms with E-state index in [4.69, 9.17) is 14.2 Å². The third-order valence-corrected chi connectivity index (χ3v) is 9.87. The second kappa shape index (κ2) is 5.66. The van der Waals surface area contributed by atoms with Gasteiger partial charge in [0.05, 0.1) is 12.2 Å². The largest absolute Gasteiger partial charge is 0.388 e. The van der Waals surface area contributed by atoms with Crippen LogP contribution < -0.4 is 0 Å². The molecule has 170 valence electrons. The molecule has 4 aliphatic carbocycles. The number of hydrogen-bond donors (Lipinski definition) is 1. The van der Waals surface area contributed by atoms with Crippen molar-refractivity contribution in [3.05, 3.63) is 11.6 Å². The van der Waals surface area contributed by atoms with Crippen molar-refractivity contribution in [3.63, 3.8) is 0 Å². The van der Waals surface area contributed by atoms with Gasteiger partial charge in [-0.2, -0.15) is 0 Å². The maximum atomic E-state index is 15.6. The van der Waals surface area contributed by atoms with Gasteiger partial charge in [-0.3, -0.25) is 9.59 Å². The van der Waals surface area contributed by atoms with E-state index in [1.807, 2.05) is 6.92 Å². The number of halogens is 1. The molecule has 31 heavy (non-hydrogen) atoms. The minimum Gasteiger partial charge on any atom is -0.388 e. The highest BCUT2D eigenvalue weighted by Gasteiger charge is 2.85. The number of aliphatic hydroxyl groups excluding tert-OH is 1. The Balaban J connectivity index is 1.47. The lowest BCUT2D eigenvalue weighted by Gasteiger charge is -2.57. The molecule has 7 heteroatoms. The van der Waals surface area contributed by atoms with Crippen molar-refractivity contribution in [1.82, 2.24) is 0 Å². The molecule has 0 aromatic rings. The molecule has 5 fully saturated rings. The second-order valence-electron chi connectivity index (χ2n) is 11.5. The lowest BCUT2D eigenvalue weighted by Crippen LogP contribution is -2.64. The zero-order valence-corrected chi connectivity index (χ0v) is 18.6. The number of epoxide rings is 1. The van der Waals surface area contributed by atoms with E-state index < -0.39 is 46.7 Å². The number of carbonyl (C=O) groups excluding carboxylic acids is 2. The number of hydrogen-bond acceptors (Lipinski definition) is 6. The molecule has 0 aromatic heterocycles. The number of ketones is 2. The maximum absolute atomic E-state index is 15.6. The van der Waals surface area contributed by atoms with Crippen LogP contribution in [0.15, 0.2) is 11.6 Å². The van der Waals surface area contributed by atoms with E-state index >= 15 is 4.39 Å². The van der Waals surface area contributed by atoms with Crippen LogP contribution in [0.5, 0.6) is 0 Å². The third-order valence-electron chi connectivity index (χ3n) is 9.87. The highest BCUT2D eigenvalue weighted by molar-refractivity contribution is 5.92. The first kappa shape index (κ1) is 20.5. The Morgan fingerprint density at radius 3 is 2.61 bits per heavy atom. The third kappa shape index (κ3) is 2.09. The monoisotopic (exact) mass is 434 g/mol. The smallest absolute Gasteiger partial charge is 0.193 e. The lowest BCUT2D eigenvalue weighted by atomic mass is 9.45. The Bertz CT molecular complexity index is 929. The fraction of sp³-hybridized carbons (Fsp3) is 0.833. The number of alkyl halides is 1. The van der Waals surface area contributed by atoms with Gasteiger partial charge in [-0.05, 0) is 63.0 Å². The van der Waals surface area contributed by atoms with E-state index in [1.54, 1.807) is 13.8 Å². The quantitative estimate of drug-likeness (QED) is 0.673. The second-order valence-corrected chi connectivity index (χ2v) is 11.5. The van der Waals surface area contributed by atoms with Gasteiger partial charge in [-0.1, -0.05) is 13.8 Å². The molecule has 0 unspecified atom stereocenters. The van der Waals surface area contributed by atoms with Crippen molar-refractivity contribution < 1.29 is 33.3 Å². The van der Waals surface area contributed by atoms with Crippen LogP contribution >= 0.6 is 0 Å². The van der Waals surface area contributed by atoms with Crippen molar-refractivity contribution in [3.8, 4) is 0 Å². The summed E-state index contributed by atoms with van der Waals surface area (Å²) < 4.78 is 34.6. The summed E-state index contributed by atoms with van der Waals surface area (Å²) in [4.78, 5) is 25.3. The molecule has 0 radical (unpaired) electrons. The summed E-state index contributed by atoms with van der Waals surface area (Å²) in [6.45, 7) is 7.09. The summed E-state index contributed by atoms with van der Waals surface area (Å²) in [6, 6.07) is 0. The van der Waals surface area contributed by atoms with E-state index in [1.165, 1.54) is 6.08 Å². The van der Waals surface area contributed by atoms with Crippen LogP contribution in [0.2, 0.25) is 0 Å². The zero-order valence-electron chi connectivity index (χ0n) is 18.6. The summed E-state index contributed by atoms with van der Waals surface area (Å²) in [5, 5.41) is 9.87. The number of carbonyl (C=O) groups is 2. The van der Waals surface area contributed by atoms with Crippen LogP contribution in [-0.4, -0.2) is 58.6 Å². The Hall–Kier alpha value is -1.15. The number of rotatable bonds is 2. The average Bonchev–Trinajstić information content (AvgIpc) is 3.28. The molecule has 2 heterocycles. The fourth-order valence-electron chi connectivity index (χ4n) is 8.72. The number of Topliss-reactive ketones (excluding diaryl/α,β-unsaturated/α-hetero) is 1. The summed E-state index contributed by atoms with van der Waals surface area (Å²) in [7, 11) is 0. The molecule has 6 aliphatic rings. The summed E-state index contributed by atoms with van der Waals surface area (Å²) in [6.07, 6.45) is 2.21.